The quantitative estimate of drug-likeness (QED) is 0.844. The van der Waals surface area contributed by atoms with Crippen LogP contribution in [0.3, 0.4) is 0 Å². The molecule has 0 aliphatic rings. The van der Waals surface area contributed by atoms with Gasteiger partial charge in [0, 0.05) is 6.54 Å². The van der Waals surface area contributed by atoms with Gasteiger partial charge >= 0.3 is 0 Å². The molecule has 0 heterocycles. The molecule has 1 amide bonds. The number of nitrogens with one attached hydrogen (secondary N) is 1. The Balaban J connectivity index is 1.94. The summed E-state index contributed by atoms with van der Waals surface area (Å²) >= 11 is 0. The van der Waals surface area contributed by atoms with Crippen molar-refractivity contribution in [2.45, 2.75) is 6.04 Å². The molecule has 0 saturated heterocycles. The summed E-state index contributed by atoms with van der Waals surface area (Å²) in [4.78, 5) is 11.5. The SMILES string of the molecule is NC(=O)[C@@H](NC/C=C\c1ccccc1)c1ccccc1. The van der Waals surface area contributed by atoms with Gasteiger partial charge < -0.3 is 5.73 Å². The van der Waals surface area contributed by atoms with Crippen LogP contribution in [0.25, 0.3) is 6.08 Å². The Hall–Kier alpha value is -2.39. The first-order valence-corrected chi connectivity index (χ1v) is 6.56. The second-order valence-corrected chi connectivity index (χ2v) is 4.47. The molecule has 3 nitrogen and oxygen atoms in total. The minimum absolute atomic E-state index is 0.371. The Morgan fingerprint density at radius 3 is 2.25 bits per heavy atom. The fraction of sp³-hybridized carbons (Fsp3) is 0.118. The Bertz CT molecular complexity index is 564. The van der Waals surface area contributed by atoms with E-state index < -0.39 is 6.04 Å². The number of hydrogen-bond acceptors (Lipinski definition) is 2. The van der Waals surface area contributed by atoms with Crippen LogP contribution in [-0.4, -0.2) is 12.5 Å². The van der Waals surface area contributed by atoms with Crippen LogP contribution >= 0.6 is 0 Å². The molecule has 0 fully saturated rings. The number of benzene rings is 2. The van der Waals surface area contributed by atoms with Crippen molar-refractivity contribution in [1.29, 1.82) is 0 Å². The van der Waals surface area contributed by atoms with Crippen molar-refractivity contribution in [3.05, 3.63) is 77.9 Å². The Labute approximate surface area is 119 Å². The fourth-order valence-corrected chi connectivity index (χ4v) is 1.97. The molecule has 2 rings (SSSR count). The van der Waals surface area contributed by atoms with Crippen LogP contribution in [0.5, 0.6) is 0 Å². The number of rotatable bonds is 6. The summed E-state index contributed by atoms with van der Waals surface area (Å²) in [6, 6.07) is 19.0. The summed E-state index contributed by atoms with van der Waals surface area (Å²) in [6.07, 6.45) is 3.99. The largest absolute Gasteiger partial charge is 0.368 e. The van der Waals surface area contributed by atoms with Gasteiger partial charge in [-0.1, -0.05) is 72.8 Å². The second kappa shape index (κ2) is 7.26. The van der Waals surface area contributed by atoms with Gasteiger partial charge in [-0.2, -0.15) is 0 Å². The van der Waals surface area contributed by atoms with Crippen LogP contribution in [0.1, 0.15) is 17.2 Å². The molecule has 0 aliphatic heterocycles. The maximum Gasteiger partial charge on any atom is 0.239 e. The van der Waals surface area contributed by atoms with Gasteiger partial charge in [-0.25, -0.2) is 0 Å². The molecule has 0 radical (unpaired) electrons. The molecule has 20 heavy (non-hydrogen) atoms. The molecule has 0 bridgehead atoms. The minimum atomic E-state index is -0.461. The van der Waals surface area contributed by atoms with E-state index in [9.17, 15) is 4.79 Å². The van der Waals surface area contributed by atoms with E-state index in [1.807, 2.05) is 72.8 Å². The number of amides is 1. The monoisotopic (exact) mass is 266 g/mol. The lowest BCUT2D eigenvalue weighted by Gasteiger charge is -2.14. The zero-order valence-corrected chi connectivity index (χ0v) is 11.2. The third-order valence-corrected chi connectivity index (χ3v) is 2.97. The molecular weight excluding hydrogens is 248 g/mol. The zero-order valence-electron chi connectivity index (χ0n) is 11.2. The number of primary amides is 1. The highest BCUT2D eigenvalue weighted by Gasteiger charge is 2.15. The minimum Gasteiger partial charge on any atom is -0.368 e. The Kier molecular flexibility index (Phi) is 5.09. The van der Waals surface area contributed by atoms with E-state index >= 15 is 0 Å². The van der Waals surface area contributed by atoms with Gasteiger partial charge in [0.1, 0.15) is 6.04 Å². The molecular formula is C17H18N2O. The lowest BCUT2D eigenvalue weighted by atomic mass is 10.1. The standard InChI is InChI=1S/C17H18N2O/c18-17(20)16(15-11-5-2-6-12-15)19-13-7-10-14-8-3-1-4-9-14/h1-12,16,19H,13H2,(H2,18,20)/b10-7-/t16-/m0/s1. The van der Waals surface area contributed by atoms with E-state index in [0.717, 1.165) is 11.1 Å². The summed E-state index contributed by atoms with van der Waals surface area (Å²) in [5, 5.41) is 3.14. The van der Waals surface area contributed by atoms with E-state index in [2.05, 4.69) is 5.32 Å². The summed E-state index contributed by atoms with van der Waals surface area (Å²) in [5.74, 6) is -0.371. The van der Waals surface area contributed by atoms with Crippen molar-refractivity contribution in [2.24, 2.45) is 5.73 Å². The van der Waals surface area contributed by atoms with Crippen LogP contribution in [0, 0.1) is 0 Å². The maximum atomic E-state index is 11.5. The third-order valence-electron chi connectivity index (χ3n) is 2.97. The molecule has 102 valence electrons. The van der Waals surface area contributed by atoms with Crippen LogP contribution in [0.2, 0.25) is 0 Å². The predicted octanol–water partition coefficient (Wildman–Crippen LogP) is 2.52. The summed E-state index contributed by atoms with van der Waals surface area (Å²) < 4.78 is 0. The number of carbonyl (C=O) groups excluding carboxylic acids is 1. The molecule has 0 aromatic heterocycles. The van der Waals surface area contributed by atoms with Gasteiger partial charge in [-0.05, 0) is 11.1 Å². The molecule has 0 saturated carbocycles. The van der Waals surface area contributed by atoms with E-state index in [4.69, 9.17) is 5.73 Å². The van der Waals surface area contributed by atoms with Crippen LogP contribution in [0.4, 0.5) is 0 Å². The fourth-order valence-electron chi connectivity index (χ4n) is 1.97. The molecule has 0 aliphatic carbocycles. The Morgan fingerprint density at radius 1 is 1.05 bits per heavy atom. The number of carbonyl (C=O) groups is 1. The summed E-state index contributed by atoms with van der Waals surface area (Å²) in [7, 11) is 0. The molecule has 0 unspecified atom stereocenters. The van der Waals surface area contributed by atoms with Crippen molar-refractivity contribution < 1.29 is 4.79 Å². The molecule has 2 aromatic carbocycles. The van der Waals surface area contributed by atoms with E-state index in [-0.39, 0.29) is 5.91 Å². The highest BCUT2D eigenvalue weighted by Crippen LogP contribution is 2.11. The summed E-state index contributed by atoms with van der Waals surface area (Å²) in [5.41, 5.74) is 7.45. The van der Waals surface area contributed by atoms with Crippen molar-refractivity contribution in [3.8, 4) is 0 Å². The van der Waals surface area contributed by atoms with Gasteiger partial charge in [0.05, 0.1) is 0 Å². The normalized spacial score (nSPS) is 12.4. The zero-order chi connectivity index (χ0) is 14.2. The molecule has 2 aromatic rings. The predicted molar refractivity (Wildman–Crippen MR) is 81.9 cm³/mol. The Morgan fingerprint density at radius 2 is 1.65 bits per heavy atom. The number of nitrogens with two attached hydrogens (primary N) is 1. The smallest absolute Gasteiger partial charge is 0.239 e. The van der Waals surface area contributed by atoms with Crippen LogP contribution < -0.4 is 11.1 Å². The maximum absolute atomic E-state index is 11.5. The van der Waals surface area contributed by atoms with Crippen LogP contribution in [0.15, 0.2) is 66.7 Å². The first-order valence-electron chi connectivity index (χ1n) is 6.56. The molecule has 1 atom stereocenters. The first kappa shape index (κ1) is 14.0. The van der Waals surface area contributed by atoms with E-state index in [1.165, 1.54) is 0 Å². The molecule has 3 heteroatoms. The average molecular weight is 266 g/mol. The molecule has 0 spiro atoms. The first-order chi connectivity index (χ1) is 9.77. The molecule has 3 N–H and O–H groups in total. The third kappa shape index (κ3) is 4.07. The number of hydrogen-bond donors (Lipinski definition) is 2. The van der Waals surface area contributed by atoms with Crippen molar-refractivity contribution in [2.75, 3.05) is 6.54 Å². The van der Waals surface area contributed by atoms with Gasteiger partial charge in [-0.15, -0.1) is 0 Å². The lowest BCUT2D eigenvalue weighted by molar-refractivity contribution is -0.120. The van der Waals surface area contributed by atoms with Gasteiger partial charge in [0.2, 0.25) is 5.91 Å². The lowest BCUT2D eigenvalue weighted by Crippen LogP contribution is -2.33. The van der Waals surface area contributed by atoms with Gasteiger partial charge in [0.25, 0.3) is 0 Å². The second-order valence-electron chi connectivity index (χ2n) is 4.47. The van der Waals surface area contributed by atoms with Gasteiger partial charge in [0.15, 0.2) is 0 Å². The highest BCUT2D eigenvalue weighted by atomic mass is 16.1. The van der Waals surface area contributed by atoms with E-state index in [0.29, 0.717) is 6.54 Å². The van der Waals surface area contributed by atoms with Crippen molar-refractivity contribution in [3.63, 3.8) is 0 Å². The van der Waals surface area contributed by atoms with Crippen molar-refractivity contribution >= 4 is 12.0 Å². The van der Waals surface area contributed by atoms with Gasteiger partial charge in [-0.3, -0.25) is 10.1 Å². The highest BCUT2D eigenvalue weighted by molar-refractivity contribution is 5.81. The summed E-state index contributed by atoms with van der Waals surface area (Å²) in [6.45, 7) is 0.581. The van der Waals surface area contributed by atoms with Crippen molar-refractivity contribution in [1.82, 2.24) is 5.32 Å². The van der Waals surface area contributed by atoms with Crippen LogP contribution in [-0.2, 0) is 4.79 Å². The topological polar surface area (TPSA) is 55.1 Å². The van der Waals surface area contributed by atoms with E-state index in [1.54, 1.807) is 0 Å². The average Bonchev–Trinajstić information content (AvgIpc) is 2.49.